The fourth-order valence-corrected chi connectivity index (χ4v) is 2.72. The molecule has 0 aromatic carbocycles. The first kappa shape index (κ1) is 10.2. The number of likely N-dealkylation sites (tertiary alicyclic amines) is 1. The van der Waals surface area contributed by atoms with E-state index in [0.717, 1.165) is 30.6 Å². The summed E-state index contributed by atoms with van der Waals surface area (Å²) in [5.74, 6) is 2.39. The third kappa shape index (κ3) is 1.77. The molecule has 0 aromatic heterocycles. The Labute approximate surface area is 89.8 Å². The molecule has 0 aromatic rings. The molecule has 0 bridgehead atoms. The van der Waals surface area contributed by atoms with Crippen LogP contribution in [0.1, 0.15) is 45.4 Å². The van der Waals surface area contributed by atoms with E-state index in [4.69, 9.17) is 0 Å². The molecule has 1 aliphatic heterocycles. The maximum atomic E-state index is 11.8. The fraction of sp³-hybridized carbons (Fsp3) is 0.667. The van der Waals surface area contributed by atoms with Crippen LogP contribution in [0.4, 0.5) is 0 Å². The van der Waals surface area contributed by atoms with Crippen molar-refractivity contribution < 1.29 is 9.59 Å². The van der Waals surface area contributed by atoms with Crippen molar-refractivity contribution in [1.29, 1.82) is 0 Å². The van der Waals surface area contributed by atoms with Gasteiger partial charge in [-0.3, -0.25) is 9.59 Å². The summed E-state index contributed by atoms with van der Waals surface area (Å²) >= 11 is 0. The fourth-order valence-electron chi connectivity index (χ4n) is 2.72. The van der Waals surface area contributed by atoms with Crippen molar-refractivity contribution in [2.75, 3.05) is 0 Å². The van der Waals surface area contributed by atoms with Crippen molar-refractivity contribution in [3.05, 3.63) is 0 Å². The third-order valence-electron chi connectivity index (χ3n) is 3.44. The third-order valence-corrected chi connectivity index (χ3v) is 3.44. The predicted octanol–water partition coefficient (Wildman–Crippen LogP) is 1.68. The molecule has 3 heteroatoms. The van der Waals surface area contributed by atoms with E-state index in [1.54, 1.807) is 6.92 Å². The van der Waals surface area contributed by atoms with Gasteiger partial charge in [0.2, 0.25) is 11.8 Å². The van der Waals surface area contributed by atoms with E-state index in [0.29, 0.717) is 12.8 Å². The molecule has 2 amide bonds. The quantitative estimate of drug-likeness (QED) is 0.445. The van der Waals surface area contributed by atoms with E-state index in [1.165, 1.54) is 0 Å². The zero-order valence-electron chi connectivity index (χ0n) is 9.01. The summed E-state index contributed by atoms with van der Waals surface area (Å²) in [6, 6.07) is 2.57. The molecular formula is C12H15NO2. The lowest BCUT2D eigenvalue weighted by Crippen LogP contribution is -2.44. The molecule has 2 aliphatic rings. The Bertz CT molecular complexity index is 336. The van der Waals surface area contributed by atoms with Crippen LogP contribution >= 0.6 is 0 Å². The Morgan fingerprint density at radius 3 is 2.13 bits per heavy atom. The Kier molecular flexibility index (Phi) is 2.52. The van der Waals surface area contributed by atoms with E-state index >= 15 is 0 Å². The standard InChI is InChI=1S/C12H15NO2/c1-2-7-13-10(14)8-12(9-11(13)15)5-3-4-6-12/h3-6,8-9H2,1H3. The van der Waals surface area contributed by atoms with Gasteiger partial charge in [0, 0.05) is 18.9 Å². The van der Waals surface area contributed by atoms with Gasteiger partial charge in [0.1, 0.15) is 0 Å². The highest BCUT2D eigenvalue weighted by Gasteiger charge is 2.44. The second-order valence-electron chi connectivity index (χ2n) is 4.55. The lowest BCUT2D eigenvalue weighted by molar-refractivity contribution is -0.148. The number of hydrogen-bond acceptors (Lipinski definition) is 2. The highest BCUT2D eigenvalue weighted by molar-refractivity contribution is 6.00. The second-order valence-corrected chi connectivity index (χ2v) is 4.55. The van der Waals surface area contributed by atoms with Crippen LogP contribution in [0, 0.1) is 17.4 Å². The van der Waals surface area contributed by atoms with Crippen LogP contribution in [-0.4, -0.2) is 16.7 Å². The highest BCUT2D eigenvalue weighted by Crippen LogP contribution is 2.46. The molecule has 15 heavy (non-hydrogen) atoms. The average Bonchev–Trinajstić information content (AvgIpc) is 2.60. The van der Waals surface area contributed by atoms with Crippen molar-refractivity contribution in [2.45, 2.75) is 45.4 Å². The molecule has 1 saturated carbocycles. The van der Waals surface area contributed by atoms with E-state index < -0.39 is 0 Å². The van der Waals surface area contributed by atoms with Crippen LogP contribution < -0.4 is 0 Å². The number of hydrogen-bond donors (Lipinski definition) is 0. The zero-order valence-corrected chi connectivity index (χ0v) is 9.01. The number of piperidine rings is 1. The number of carbonyl (C=O) groups is 2. The number of amides is 2. The highest BCUT2D eigenvalue weighted by atomic mass is 16.2. The molecule has 2 fully saturated rings. The molecule has 1 aliphatic carbocycles. The van der Waals surface area contributed by atoms with Gasteiger partial charge in [-0.1, -0.05) is 18.8 Å². The molecular weight excluding hydrogens is 190 g/mol. The zero-order chi connectivity index (χ0) is 10.9. The van der Waals surface area contributed by atoms with E-state index in [9.17, 15) is 9.59 Å². The Balaban J connectivity index is 2.18. The Morgan fingerprint density at radius 2 is 1.67 bits per heavy atom. The van der Waals surface area contributed by atoms with Crippen LogP contribution in [0.15, 0.2) is 0 Å². The van der Waals surface area contributed by atoms with E-state index in [2.05, 4.69) is 12.0 Å². The Hall–Kier alpha value is -1.30. The van der Waals surface area contributed by atoms with E-state index in [-0.39, 0.29) is 17.2 Å². The lowest BCUT2D eigenvalue weighted by atomic mass is 9.76. The van der Waals surface area contributed by atoms with Gasteiger partial charge in [0.15, 0.2) is 0 Å². The monoisotopic (exact) mass is 205 g/mol. The summed E-state index contributed by atoms with van der Waals surface area (Å²) in [6.45, 7) is 1.64. The van der Waals surface area contributed by atoms with Gasteiger partial charge in [-0.15, -0.1) is 0 Å². The minimum absolute atomic E-state index is 0.0138. The van der Waals surface area contributed by atoms with Gasteiger partial charge in [-0.05, 0) is 25.2 Å². The molecule has 1 saturated heterocycles. The summed E-state index contributed by atoms with van der Waals surface area (Å²) in [6.07, 6.45) is 5.37. The second kappa shape index (κ2) is 3.69. The summed E-state index contributed by atoms with van der Waals surface area (Å²) in [7, 11) is 0. The SMILES string of the molecule is CC#CN1C(=O)CC2(CCCC2)CC1=O. The maximum Gasteiger partial charge on any atom is 0.241 e. The van der Waals surface area contributed by atoms with Gasteiger partial charge in [0.05, 0.1) is 0 Å². The first-order valence-corrected chi connectivity index (χ1v) is 5.45. The number of rotatable bonds is 0. The normalized spacial score (nSPS) is 24.2. The van der Waals surface area contributed by atoms with Crippen LogP contribution in [-0.2, 0) is 9.59 Å². The predicted molar refractivity (Wildman–Crippen MR) is 55.4 cm³/mol. The largest absolute Gasteiger partial charge is 0.273 e. The molecule has 2 rings (SSSR count). The average molecular weight is 205 g/mol. The summed E-state index contributed by atoms with van der Waals surface area (Å²) in [5.41, 5.74) is -0.0138. The van der Waals surface area contributed by atoms with Crippen LogP contribution in [0.2, 0.25) is 0 Å². The number of nitrogens with zero attached hydrogens (tertiary/aromatic N) is 1. The van der Waals surface area contributed by atoms with Crippen LogP contribution in [0.5, 0.6) is 0 Å². The molecule has 0 radical (unpaired) electrons. The molecule has 3 nitrogen and oxygen atoms in total. The molecule has 80 valence electrons. The molecule has 0 N–H and O–H groups in total. The van der Waals surface area contributed by atoms with Crippen molar-refractivity contribution in [2.24, 2.45) is 5.41 Å². The molecule has 1 heterocycles. The summed E-state index contributed by atoms with van der Waals surface area (Å²) in [5, 5.41) is 0. The maximum absolute atomic E-state index is 11.8. The summed E-state index contributed by atoms with van der Waals surface area (Å²) < 4.78 is 0. The van der Waals surface area contributed by atoms with E-state index in [1.807, 2.05) is 0 Å². The molecule has 1 spiro atoms. The van der Waals surface area contributed by atoms with Crippen LogP contribution in [0.3, 0.4) is 0 Å². The number of carbonyl (C=O) groups excluding carboxylic acids is 2. The smallest absolute Gasteiger partial charge is 0.241 e. The van der Waals surface area contributed by atoms with Gasteiger partial charge in [-0.2, -0.15) is 0 Å². The minimum atomic E-state index is -0.109. The van der Waals surface area contributed by atoms with Crippen molar-refractivity contribution in [1.82, 2.24) is 4.90 Å². The van der Waals surface area contributed by atoms with Gasteiger partial charge in [-0.25, -0.2) is 4.90 Å². The topological polar surface area (TPSA) is 37.4 Å². The van der Waals surface area contributed by atoms with Gasteiger partial charge < -0.3 is 0 Å². The number of imide groups is 1. The molecule has 0 unspecified atom stereocenters. The van der Waals surface area contributed by atoms with Crippen LogP contribution in [0.25, 0.3) is 0 Å². The Morgan fingerprint density at radius 1 is 1.13 bits per heavy atom. The van der Waals surface area contributed by atoms with Crippen molar-refractivity contribution in [3.8, 4) is 12.0 Å². The lowest BCUT2D eigenvalue weighted by Gasteiger charge is -2.34. The van der Waals surface area contributed by atoms with Gasteiger partial charge in [0.25, 0.3) is 0 Å². The van der Waals surface area contributed by atoms with Crippen molar-refractivity contribution >= 4 is 11.8 Å². The van der Waals surface area contributed by atoms with Gasteiger partial charge >= 0.3 is 0 Å². The summed E-state index contributed by atoms with van der Waals surface area (Å²) in [4.78, 5) is 24.6. The molecule has 0 atom stereocenters. The minimum Gasteiger partial charge on any atom is -0.273 e. The first-order valence-electron chi connectivity index (χ1n) is 5.45. The first-order chi connectivity index (χ1) is 7.17. The van der Waals surface area contributed by atoms with Crippen molar-refractivity contribution in [3.63, 3.8) is 0 Å².